The lowest BCUT2D eigenvalue weighted by molar-refractivity contribution is 0.102. The molecule has 0 aliphatic heterocycles. The van der Waals surface area contributed by atoms with E-state index in [4.69, 9.17) is 9.47 Å². The Morgan fingerprint density at radius 3 is 2.48 bits per heavy atom. The van der Waals surface area contributed by atoms with E-state index in [0.717, 1.165) is 10.0 Å². The summed E-state index contributed by atoms with van der Waals surface area (Å²) in [6.07, 6.45) is 0. The smallest absolute Gasteiger partial charge is 0.259 e. The number of methoxy groups -OCH3 is 2. The molecule has 0 aromatic heterocycles. The van der Waals surface area contributed by atoms with Gasteiger partial charge < -0.3 is 14.8 Å². The summed E-state index contributed by atoms with van der Waals surface area (Å²) in [4.78, 5) is 12.4. The average molecular weight is 350 g/mol. The van der Waals surface area contributed by atoms with E-state index in [0.29, 0.717) is 22.7 Å². The van der Waals surface area contributed by atoms with E-state index in [2.05, 4.69) is 21.2 Å². The van der Waals surface area contributed by atoms with Crippen molar-refractivity contribution in [2.24, 2.45) is 0 Å². The van der Waals surface area contributed by atoms with Gasteiger partial charge in [-0.1, -0.05) is 6.07 Å². The molecule has 0 saturated heterocycles. The monoisotopic (exact) mass is 349 g/mol. The second kappa shape index (κ2) is 6.63. The molecule has 0 aliphatic carbocycles. The molecule has 0 spiro atoms. The average Bonchev–Trinajstić information content (AvgIpc) is 2.49. The van der Waals surface area contributed by atoms with Crippen LogP contribution in [0.1, 0.15) is 15.9 Å². The van der Waals surface area contributed by atoms with Crippen LogP contribution in [-0.4, -0.2) is 20.1 Å². The second-order valence-corrected chi connectivity index (χ2v) is 5.36. The third-order valence-electron chi connectivity index (χ3n) is 3.03. The van der Waals surface area contributed by atoms with Crippen molar-refractivity contribution in [2.75, 3.05) is 19.5 Å². The van der Waals surface area contributed by atoms with Crippen LogP contribution in [0.2, 0.25) is 0 Å². The highest BCUT2D eigenvalue weighted by atomic mass is 79.9. The number of hydrogen-bond donors (Lipinski definition) is 1. The number of rotatable bonds is 4. The van der Waals surface area contributed by atoms with Crippen LogP contribution < -0.4 is 14.8 Å². The SMILES string of the molecule is COc1ccc(C(=O)Nc2ccc(C)cc2Br)c(OC)c1. The first-order valence-corrected chi connectivity index (χ1v) is 7.14. The van der Waals surface area contributed by atoms with Crippen LogP contribution in [0.5, 0.6) is 11.5 Å². The molecule has 2 aromatic carbocycles. The molecule has 1 N–H and O–H groups in total. The molecule has 5 heteroatoms. The van der Waals surface area contributed by atoms with Gasteiger partial charge in [-0.3, -0.25) is 4.79 Å². The standard InChI is InChI=1S/C16H16BrNO3/c1-10-4-7-14(13(17)8-10)18-16(19)12-6-5-11(20-2)9-15(12)21-3/h4-9H,1-3H3,(H,18,19). The normalized spacial score (nSPS) is 10.1. The Balaban J connectivity index is 2.28. The van der Waals surface area contributed by atoms with Crippen LogP contribution in [0.25, 0.3) is 0 Å². The van der Waals surface area contributed by atoms with Gasteiger partial charge in [0, 0.05) is 10.5 Å². The summed E-state index contributed by atoms with van der Waals surface area (Å²) in [7, 11) is 3.09. The predicted molar refractivity (Wildman–Crippen MR) is 86.4 cm³/mol. The molecule has 0 atom stereocenters. The topological polar surface area (TPSA) is 47.6 Å². The van der Waals surface area contributed by atoms with Crippen LogP contribution in [0.4, 0.5) is 5.69 Å². The molecule has 2 aromatic rings. The third kappa shape index (κ3) is 3.55. The quantitative estimate of drug-likeness (QED) is 0.906. The lowest BCUT2D eigenvalue weighted by Gasteiger charge is -2.12. The van der Waals surface area contributed by atoms with E-state index in [9.17, 15) is 4.79 Å². The van der Waals surface area contributed by atoms with E-state index in [1.165, 1.54) is 7.11 Å². The highest BCUT2D eigenvalue weighted by Crippen LogP contribution is 2.27. The van der Waals surface area contributed by atoms with E-state index >= 15 is 0 Å². The number of anilines is 1. The van der Waals surface area contributed by atoms with Crippen molar-refractivity contribution in [2.45, 2.75) is 6.92 Å². The van der Waals surface area contributed by atoms with Gasteiger partial charge >= 0.3 is 0 Å². The van der Waals surface area contributed by atoms with Crippen molar-refractivity contribution < 1.29 is 14.3 Å². The Bertz CT molecular complexity index is 671. The largest absolute Gasteiger partial charge is 0.497 e. The summed E-state index contributed by atoms with van der Waals surface area (Å²) in [6, 6.07) is 10.8. The van der Waals surface area contributed by atoms with Gasteiger partial charge in [0.2, 0.25) is 0 Å². The molecule has 110 valence electrons. The van der Waals surface area contributed by atoms with Crippen LogP contribution in [0, 0.1) is 6.92 Å². The molecule has 0 heterocycles. The summed E-state index contributed by atoms with van der Waals surface area (Å²) >= 11 is 3.44. The number of ether oxygens (including phenoxy) is 2. The molecular weight excluding hydrogens is 334 g/mol. The molecule has 0 saturated carbocycles. The Kier molecular flexibility index (Phi) is 4.85. The Hall–Kier alpha value is -2.01. The maximum atomic E-state index is 12.4. The third-order valence-corrected chi connectivity index (χ3v) is 3.68. The van der Waals surface area contributed by atoms with Gasteiger partial charge in [0.15, 0.2) is 0 Å². The zero-order valence-corrected chi connectivity index (χ0v) is 13.7. The fourth-order valence-electron chi connectivity index (χ4n) is 1.90. The van der Waals surface area contributed by atoms with Gasteiger partial charge in [-0.2, -0.15) is 0 Å². The first kappa shape index (κ1) is 15.4. The summed E-state index contributed by atoms with van der Waals surface area (Å²) in [5.41, 5.74) is 2.27. The van der Waals surface area contributed by atoms with Crippen molar-refractivity contribution in [1.82, 2.24) is 0 Å². The van der Waals surface area contributed by atoms with Gasteiger partial charge in [0.25, 0.3) is 5.91 Å². The first-order chi connectivity index (χ1) is 10.0. The minimum absolute atomic E-state index is 0.237. The molecular formula is C16H16BrNO3. The number of carbonyl (C=O) groups excluding carboxylic acids is 1. The van der Waals surface area contributed by atoms with Crippen LogP contribution in [0.3, 0.4) is 0 Å². The predicted octanol–water partition coefficient (Wildman–Crippen LogP) is 4.03. The summed E-state index contributed by atoms with van der Waals surface area (Å²) in [5.74, 6) is 0.869. The molecule has 0 aliphatic rings. The molecule has 2 rings (SSSR count). The van der Waals surface area contributed by atoms with E-state index < -0.39 is 0 Å². The lowest BCUT2D eigenvalue weighted by atomic mass is 10.1. The molecule has 0 unspecified atom stereocenters. The summed E-state index contributed by atoms with van der Waals surface area (Å²) in [6.45, 7) is 1.99. The van der Waals surface area contributed by atoms with Crippen LogP contribution >= 0.6 is 15.9 Å². The number of amides is 1. The number of carbonyl (C=O) groups is 1. The van der Waals surface area contributed by atoms with Gasteiger partial charge in [0.1, 0.15) is 11.5 Å². The zero-order valence-electron chi connectivity index (χ0n) is 12.1. The number of hydrogen-bond acceptors (Lipinski definition) is 3. The van der Waals surface area contributed by atoms with Crippen molar-refractivity contribution in [3.05, 3.63) is 52.0 Å². The lowest BCUT2D eigenvalue weighted by Crippen LogP contribution is -2.13. The van der Waals surface area contributed by atoms with Crippen molar-refractivity contribution in [3.8, 4) is 11.5 Å². The summed E-state index contributed by atoms with van der Waals surface area (Å²) < 4.78 is 11.2. The molecule has 0 radical (unpaired) electrons. The number of aryl methyl sites for hydroxylation is 1. The minimum atomic E-state index is -0.237. The Morgan fingerprint density at radius 1 is 1.10 bits per heavy atom. The fourth-order valence-corrected chi connectivity index (χ4v) is 2.49. The van der Waals surface area contributed by atoms with Crippen LogP contribution in [0.15, 0.2) is 40.9 Å². The first-order valence-electron chi connectivity index (χ1n) is 6.34. The second-order valence-electron chi connectivity index (χ2n) is 4.50. The number of nitrogens with one attached hydrogen (secondary N) is 1. The highest BCUT2D eigenvalue weighted by molar-refractivity contribution is 9.10. The van der Waals surface area contributed by atoms with Gasteiger partial charge in [-0.25, -0.2) is 0 Å². The van der Waals surface area contributed by atoms with Crippen molar-refractivity contribution in [1.29, 1.82) is 0 Å². The zero-order chi connectivity index (χ0) is 15.4. The molecule has 4 nitrogen and oxygen atoms in total. The van der Waals surface area contributed by atoms with Crippen molar-refractivity contribution in [3.63, 3.8) is 0 Å². The van der Waals surface area contributed by atoms with Gasteiger partial charge in [-0.05, 0) is 52.7 Å². The van der Waals surface area contributed by atoms with E-state index in [1.807, 2.05) is 25.1 Å². The molecule has 21 heavy (non-hydrogen) atoms. The molecule has 0 fully saturated rings. The highest BCUT2D eigenvalue weighted by Gasteiger charge is 2.14. The Morgan fingerprint density at radius 2 is 1.86 bits per heavy atom. The van der Waals surface area contributed by atoms with Gasteiger partial charge in [-0.15, -0.1) is 0 Å². The van der Waals surface area contributed by atoms with Gasteiger partial charge in [0.05, 0.1) is 25.5 Å². The Labute approximate surface area is 132 Å². The molecule has 0 bridgehead atoms. The van der Waals surface area contributed by atoms with Crippen LogP contribution in [-0.2, 0) is 0 Å². The maximum absolute atomic E-state index is 12.4. The summed E-state index contributed by atoms with van der Waals surface area (Å²) in [5, 5.41) is 2.86. The minimum Gasteiger partial charge on any atom is -0.497 e. The maximum Gasteiger partial charge on any atom is 0.259 e. The fraction of sp³-hybridized carbons (Fsp3) is 0.188. The van der Waals surface area contributed by atoms with E-state index in [-0.39, 0.29) is 5.91 Å². The van der Waals surface area contributed by atoms with E-state index in [1.54, 1.807) is 25.3 Å². The number of benzene rings is 2. The van der Waals surface area contributed by atoms with Crippen molar-refractivity contribution >= 4 is 27.5 Å². The molecule has 1 amide bonds. The number of halogens is 1.